The van der Waals surface area contributed by atoms with E-state index in [4.69, 9.17) is 5.26 Å². The minimum Gasteiger partial charge on any atom is -0.263 e. The lowest BCUT2D eigenvalue weighted by Gasteiger charge is -2.21. The van der Waals surface area contributed by atoms with Crippen LogP contribution in [0.4, 0.5) is 0 Å². The highest BCUT2D eigenvalue weighted by Gasteiger charge is 2.23. The van der Waals surface area contributed by atoms with E-state index in [1.807, 2.05) is 0 Å². The number of pyridine rings is 1. The molecule has 0 bridgehead atoms. The Labute approximate surface area is 121 Å². The van der Waals surface area contributed by atoms with Gasteiger partial charge in [0, 0.05) is 24.7 Å². The highest BCUT2D eigenvalue weighted by Crippen LogP contribution is 2.31. The first-order valence-corrected chi connectivity index (χ1v) is 8.45. The Kier molecular flexibility index (Phi) is 5.70. The normalized spacial score (nSPS) is 14.8. The molecule has 0 aliphatic heterocycles. The van der Waals surface area contributed by atoms with Crippen LogP contribution in [0.3, 0.4) is 0 Å². The Hall–Kier alpha value is -1.41. The van der Waals surface area contributed by atoms with Gasteiger partial charge in [-0.3, -0.25) is 4.98 Å². The fraction of sp³-hybridized carbons (Fsp3) is 0.600. The van der Waals surface area contributed by atoms with Gasteiger partial charge in [0.2, 0.25) is 0 Å². The molecule has 110 valence electrons. The quantitative estimate of drug-likeness (QED) is 0.807. The number of sulfone groups is 1. The largest absolute Gasteiger partial charge is 0.263 e. The van der Waals surface area contributed by atoms with Crippen LogP contribution in [-0.2, 0) is 9.84 Å². The lowest BCUT2D eigenvalue weighted by Crippen LogP contribution is -2.16. The molecule has 1 rings (SSSR count). The monoisotopic (exact) mass is 294 g/mol. The van der Waals surface area contributed by atoms with Crippen LogP contribution in [0.25, 0.3) is 0 Å². The fourth-order valence-electron chi connectivity index (χ4n) is 2.10. The molecule has 2 atom stereocenters. The summed E-state index contributed by atoms with van der Waals surface area (Å²) < 4.78 is 24.4. The molecule has 5 heteroatoms. The van der Waals surface area contributed by atoms with Crippen molar-refractivity contribution < 1.29 is 8.42 Å². The molecule has 0 aliphatic carbocycles. The predicted molar refractivity (Wildman–Crippen MR) is 79.0 cm³/mol. The zero-order chi connectivity index (χ0) is 15.3. The van der Waals surface area contributed by atoms with Gasteiger partial charge in [0.1, 0.15) is 0 Å². The maximum absolute atomic E-state index is 12.2. The fourth-order valence-corrected chi connectivity index (χ4v) is 3.15. The molecule has 0 spiro atoms. The van der Waals surface area contributed by atoms with Crippen molar-refractivity contribution in [1.82, 2.24) is 4.98 Å². The van der Waals surface area contributed by atoms with Gasteiger partial charge in [-0.2, -0.15) is 5.26 Å². The molecular formula is C15H22N2O2S. The Morgan fingerprint density at radius 2 is 1.95 bits per heavy atom. The summed E-state index contributed by atoms with van der Waals surface area (Å²) in [6, 6.07) is 3.86. The maximum Gasteiger partial charge on any atom is 0.182 e. The molecule has 20 heavy (non-hydrogen) atoms. The lowest BCUT2D eigenvalue weighted by molar-refractivity contribution is 0.449. The van der Waals surface area contributed by atoms with Gasteiger partial charge >= 0.3 is 0 Å². The van der Waals surface area contributed by atoms with Crippen LogP contribution in [0.5, 0.6) is 0 Å². The standard InChI is InChI=1S/C15H22N2O2S/c1-5-12(4)15(6-7-16)13-8-14(10-17-9-13)20(18,19)11(2)3/h8-12,15H,5-6H2,1-4H3. The summed E-state index contributed by atoms with van der Waals surface area (Å²) in [6.45, 7) is 7.45. The Morgan fingerprint density at radius 3 is 2.45 bits per heavy atom. The van der Waals surface area contributed by atoms with E-state index in [9.17, 15) is 8.42 Å². The van der Waals surface area contributed by atoms with Gasteiger partial charge in [0.15, 0.2) is 9.84 Å². The second kappa shape index (κ2) is 6.85. The summed E-state index contributed by atoms with van der Waals surface area (Å²) in [5.41, 5.74) is 0.836. The molecular weight excluding hydrogens is 272 g/mol. The van der Waals surface area contributed by atoms with Crippen LogP contribution < -0.4 is 0 Å². The zero-order valence-corrected chi connectivity index (χ0v) is 13.3. The molecule has 4 nitrogen and oxygen atoms in total. The zero-order valence-electron chi connectivity index (χ0n) is 12.5. The van der Waals surface area contributed by atoms with E-state index in [0.717, 1.165) is 12.0 Å². The maximum atomic E-state index is 12.2. The predicted octanol–water partition coefficient (Wildman–Crippen LogP) is 3.31. The van der Waals surface area contributed by atoms with Crippen molar-refractivity contribution in [3.8, 4) is 6.07 Å². The van der Waals surface area contributed by atoms with Crippen molar-refractivity contribution in [2.75, 3.05) is 0 Å². The van der Waals surface area contributed by atoms with E-state index in [-0.39, 0.29) is 10.8 Å². The first-order valence-electron chi connectivity index (χ1n) is 6.90. The molecule has 0 saturated heterocycles. The number of rotatable bonds is 6. The molecule has 0 N–H and O–H groups in total. The van der Waals surface area contributed by atoms with Crippen LogP contribution in [0.2, 0.25) is 0 Å². The molecule has 0 radical (unpaired) electrons. The summed E-state index contributed by atoms with van der Waals surface area (Å²) in [6.07, 6.45) is 4.38. The minimum absolute atomic E-state index is 0.0276. The van der Waals surface area contributed by atoms with E-state index in [2.05, 4.69) is 24.9 Å². The molecule has 0 aromatic carbocycles. The van der Waals surface area contributed by atoms with E-state index in [1.54, 1.807) is 26.1 Å². The summed E-state index contributed by atoms with van der Waals surface area (Å²) in [5.74, 6) is 0.341. The van der Waals surface area contributed by atoms with Gasteiger partial charge in [-0.1, -0.05) is 20.3 Å². The number of aromatic nitrogens is 1. The van der Waals surface area contributed by atoms with E-state index >= 15 is 0 Å². The molecule has 1 aromatic heterocycles. The van der Waals surface area contributed by atoms with Crippen molar-refractivity contribution in [2.24, 2.45) is 5.92 Å². The van der Waals surface area contributed by atoms with Gasteiger partial charge in [-0.05, 0) is 31.4 Å². The van der Waals surface area contributed by atoms with E-state index < -0.39 is 15.1 Å². The smallest absolute Gasteiger partial charge is 0.182 e. The SMILES string of the molecule is CCC(C)C(CC#N)c1cncc(S(=O)(=O)C(C)C)c1. The first-order chi connectivity index (χ1) is 9.34. The third kappa shape index (κ3) is 3.57. The number of nitrogens with zero attached hydrogens (tertiary/aromatic N) is 2. The van der Waals surface area contributed by atoms with E-state index in [0.29, 0.717) is 12.3 Å². The Balaban J connectivity index is 3.24. The second-order valence-corrected chi connectivity index (χ2v) is 7.91. The minimum atomic E-state index is -3.33. The molecule has 0 aliphatic rings. The Bertz CT molecular complexity index is 588. The highest BCUT2D eigenvalue weighted by molar-refractivity contribution is 7.92. The molecule has 2 unspecified atom stereocenters. The molecule has 0 saturated carbocycles. The summed E-state index contributed by atoms with van der Waals surface area (Å²) in [7, 11) is -3.33. The molecule has 1 heterocycles. The molecule has 1 aromatic rings. The van der Waals surface area contributed by atoms with Gasteiger partial charge in [0.05, 0.1) is 16.2 Å². The molecule has 0 fully saturated rings. The van der Waals surface area contributed by atoms with E-state index in [1.165, 1.54) is 6.20 Å². The van der Waals surface area contributed by atoms with Crippen molar-refractivity contribution in [3.63, 3.8) is 0 Å². The van der Waals surface area contributed by atoms with Crippen molar-refractivity contribution in [1.29, 1.82) is 5.26 Å². The van der Waals surface area contributed by atoms with Gasteiger partial charge in [0.25, 0.3) is 0 Å². The average molecular weight is 294 g/mol. The highest BCUT2D eigenvalue weighted by atomic mass is 32.2. The second-order valence-electron chi connectivity index (χ2n) is 5.40. The van der Waals surface area contributed by atoms with Crippen molar-refractivity contribution >= 4 is 9.84 Å². The van der Waals surface area contributed by atoms with Crippen LogP contribution in [0.1, 0.15) is 52.0 Å². The van der Waals surface area contributed by atoms with Crippen LogP contribution >= 0.6 is 0 Å². The topological polar surface area (TPSA) is 70.8 Å². The third-order valence-corrected chi connectivity index (χ3v) is 5.88. The summed E-state index contributed by atoms with van der Waals surface area (Å²) in [4.78, 5) is 4.31. The number of hydrogen-bond acceptors (Lipinski definition) is 4. The van der Waals surface area contributed by atoms with Crippen LogP contribution in [0, 0.1) is 17.2 Å². The van der Waals surface area contributed by atoms with Crippen molar-refractivity contribution in [2.45, 2.75) is 56.6 Å². The molecule has 0 amide bonds. The number of nitriles is 1. The Morgan fingerprint density at radius 1 is 1.30 bits per heavy atom. The lowest BCUT2D eigenvalue weighted by atomic mass is 9.84. The number of hydrogen-bond donors (Lipinski definition) is 0. The average Bonchev–Trinajstić information content (AvgIpc) is 2.43. The third-order valence-electron chi connectivity index (χ3n) is 3.75. The summed E-state index contributed by atoms with van der Waals surface area (Å²) >= 11 is 0. The first kappa shape index (κ1) is 16.6. The van der Waals surface area contributed by atoms with Gasteiger partial charge in [-0.15, -0.1) is 0 Å². The summed E-state index contributed by atoms with van der Waals surface area (Å²) in [5, 5.41) is 8.50. The van der Waals surface area contributed by atoms with Crippen LogP contribution in [0.15, 0.2) is 23.4 Å². The van der Waals surface area contributed by atoms with Crippen molar-refractivity contribution in [3.05, 3.63) is 24.0 Å². The van der Waals surface area contributed by atoms with Gasteiger partial charge < -0.3 is 0 Å². The van der Waals surface area contributed by atoms with Crippen LogP contribution in [-0.4, -0.2) is 18.7 Å². The van der Waals surface area contributed by atoms with Gasteiger partial charge in [-0.25, -0.2) is 8.42 Å².